The maximum absolute atomic E-state index is 12.0. The molecule has 1 aromatic carbocycles. The molecule has 0 unspecified atom stereocenters. The highest BCUT2D eigenvalue weighted by molar-refractivity contribution is 7.86. The van der Waals surface area contributed by atoms with E-state index in [2.05, 4.69) is 0 Å². The van der Waals surface area contributed by atoms with E-state index < -0.39 is 21.5 Å². The number of hydrogen-bond acceptors (Lipinski definition) is 6. The molecule has 0 saturated carbocycles. The fourth-order valence-corrected chi connectivity index (χ4v) is 3.21. The zero-order valence-corrected chi connectivity index (χ0v) is 14.8. The summed E-state index contributed by atoms with van der Waals surface area (Å²) in [6.07, 6.45) is 0. The molecule has 0 bridgehead atoms. The molecule has 1 fully saturated rings. The van der Waals surface area contributed by atoms with Crippen LogP contribution in [0.15, 0.2) is 29.2 Å². The summed E-state index contributed by atoms with van der Waals surface area (Å²) in [5.74, 6) is -0.622. The highest BCUT2D eigenvalue weighted by Gasteiger charge is 2.42. The minimum absolute atomic E-state index is 0.0451. The van der Waals surface area contributed by atoms with E-state index in [1.165, 1.54) is 12.1 Å². The molecule has 0 spiro atoms. The average Bonchev–Trinajstić information content (AvgIpc) is 2.73. The molecule has 1 saturated heterocycles. The van der Waals surface area contributed by atoms with Gasteiger partial charge < -0.3 is 14.2 Å². The van der Waals surface area contributed by atoms with Gasteiger partial charge in [0, 0.05) is 0 Å². The van der Waals surface area contributed by atoms with Crippen LogP contribution in [0.4, 0.5) is 0 Å². The summed E-state index contributed by atoms with van der Waals surface area (Å²) in [5.41, 5.74) is 0.460. The van der Waals surface area contributed by atoms with Gasteiger partial charge in [0.2, 0.25) is 0 Å². The summed E-state index contributed by atoms with van der Waals surface area (Å²) < 4.78 is 45.7. The highest BCUT2D eigenvalue weighted by atomic mass is 32.2. The van der Waals surface area contributed by atoms with E-state index in [9.17, 15) is 8.42 Å². The summed E-state index contributed by atoms with van der Waals surface area (Å²) >= 11 is 0. The Kier molecular flexibility index (Phi) is 5.48. The van der Waals surface area contributed by atoms with Gasteiger partial charge in [0.1, 0.15) is 5.60 Å². The molecule has 0 N–H and O–H groups in total. The van der Waals surface area contributed by atoms with Crippen LogP contribution in [0.2, 0.25) is 0 Å². The third kappa shape index (κ3) is 5.26. The van der Waals surface area contributed by atoms with Crippen LogP contribution < -0.4 is 0 Å². The molecule has 0 aromatic heterocycles. The lowest BCUT2D eigenvalue weighted by Crippen LogP contribution is -2.36. The SMILES string of the molecule is Cc1ccc(S(=O)(=O)OCCOC[C@@]2(C)COC(C)(C)O2)cc1. The topological polar surface area (TPSA) is 71.1 Å². The second-order valence-electron chi connectivity index (χ2n) is 6.38. The summed E-state index contributed by atoms with van der Waals surface area (Å²) in [6.45, 7) is 8.33. The van der Waals surface area contributed by atoms with Gasteiger partial charge in [0.15, 0.2) is 5.79 Å². The first kappa shape index (κ1) is 18.4. The number of aryl methyl sites for hydroxylation is 1. The summed E-state index contributed by atoms with van der Waals surface area (Å²) in [4.78, 5) is 0.143. The van der Waals surface area contributed by atoms with Crippen molar-refractivity contribution in [1.82, 2.24) is 0 Å². The quantitative estimate of drug-likeness (QED) is 0.558. The summed E-state index contributed by atoms with van der Waals surface area (Å²) in [7, 11) is -3.75. The van der Waals surface area contributed by atoms with Crippen molar-refractivity contribution in [3.8, 4) is 0 Å². The van der Waals surface area contributed by atoms with Crippen LogP contribution in [-0.4, -0.2) is 46.2 Å². The van der Waals surface area contributed by atoms with Crippen molar-refractivity contribution in [3.63, 3.8) is 0 Å². The molecule has 1 heterocycles. The van der Waals surface area contributed by atoms with E-state index in [4.69, 9.17) is 18.4 Å². The van der Waals surface area contributed by atoms with E-state index in [1.807, 2.05) is 27.7 Å². The molecule has 7 heteroatoms. The van der Waals surface area contributed by atoms with Crippen LogP contribution in [0.5, 0.6) is 0 Å². The van der Waals surface area contributed by atoms with Gasteiger partial charge in [-0.15, -0.1) is 0 Å². The molecular formula is C16H24O6S. The first-order chi connectivity index (χ1) is 10.6. The predicted octanol–water partition coefficient (Wildman–Crippen LogP) is 2.26. The number of rotatable bonds is 7. The number of benzene rings is 1. The van der Waals surface area contributed by atoms with Crippen LogP contribution in [0.1, 0.15) is 26.3 Å². The smallest absolute Gasteiger partial charge is 0.297 e. The normalized spacial score (nSPS) is 24.0. The molecule has 2 rings (SSSR count). The molecule has 1 atom stereocenters. The molecule has 1 aliphatic heterocycles. The molecule has 1 aromatic rings. The largest absolute Gasteiger partial charge is 0.376 e. The Balaban J connectivity index is 1.74. The number of ether oxygens (including phenoxy) is 3. The molecule has 0 amide bonds. The van der Waals surface area contributed by atoms with Crippen LogP contribution in [0.25, 0.3) is 0 Å². The standard InChI is InChI=1S/C16H24O6S/c1-13-5-7-14(8-6-13)23(17,18)21-10-9-19-11-16(4)12-20-15(2,3)22-16/h5-8H,9-12H2,1-4H3/t16-/m0/s1. The molecule has 6 nitrogen and oxygen atoms in total. The van der Waals surface area contributed by atoms with Gasteiger partial charge in [-0.2, -0.15) is 8.42 Å². The maximum Gasteiger partial charge on any atom is 0.297 e. The monoisotopic (exact) mass is 344 g/mol. The Morgan fingerprint density at radius 2 is 1.78 bits per heavy atom. The fourth-order valence-electron chi connectivity index (χ4n) is 2.31. The van der Waals surface area contributed by atoms with Gasteiger partial charge in [0.25, 0.3) is 10.1 Å². The van der Waals surface area contributed by atoms with Crippen molar-refractivity contribution >= 4 is 10.1 Å². The van der Waals surface area contributed by atoms with Gasteiger partial charge in [-0.05, 0) is 39.8 Å². The van der Waals surface area contributed by atoms with Crippen molar-refractivity contribution in [2.45, 2.75) is 44.0 Å². The van der Waals surface area contributed by atoms with Crippen molar-refractivity contribution in [3.05, 3.63) is 29.8 Å². The third-order valence-corrected chi connectivity index (χ3v) is 4.73. The molecule has 1 aliphatic rings. The summed E-state index contributed by atoms with van der Waals surface area (Å²) in [5, 5.41) is 0. The number of hydrogen-bond donors (Lipinski definition) is 0. The van der Waals surface area contributed by atoms with Crippen molar-refractivity contribution in [2.75, 3.05) is 26.4 Å². The molecule has 130 valence electrons. The highest BCUT2D eigenvalue weighted by Crippen LogP contribution is 2.30. The first-order valence-corrected chi connectivity index (χ1v) is 8.91. The van der Waals surface area contributed by atoms with Crippen molar-refractivity contribution in [2.24, 2.45) is 0 Å². The van der Waals surface area contributed by atoms with Gasteiger partial charge in [-0.3, -0.25) is 4.18 Å². The zero-order valence-electron chi connectivity index (χ0n) is 14.0. The lowest BCUT2D eigenvalue weighted by molar-refractivity contribution is -0.169. The summed E-state index contributed by atoms with van der Waals surface area (Å²) in [6, 6.07) is 6.51. The van der Waals surface area contributed by atoms with Gasteiger partial charge in [-0.1, -0.05) is 17.7 Å². The lowest BCUT2D eigenvalue weighted by Gasteiger charge is -2.24. The molecular weight excluding hydrogens is 320 g/mol. The second-order valence-corrected chi connectivity index (χ2v) is 8.00. The van der Waals surface area contributed by atoms with Crippen LogP contribution in [0.3, 0.4) is 0 Å². The van der Waals surface area contributed by atoms with E-state index in [0.717, 1.165) is 5.56 Å². The van der Waals surface area contributed by atoms with Crippen LogP contribution in [-0.2, 0) is 28.5 Å². The Bertz CT molecular complexity index is 622. The van der Waals surface area contributed by atoms with Crippen LogP contribution >= 0.6 is 0 Å². The second kappa shape index (κ2) is 6.86. The van der Waals surface area contributed by atoms with Gasteiger partial charge in [0.05, 0.1) is 31.3 Å². The maximum atomic E-state index is 12.0. The van der Waals surface area contributed by atoms with E-state index in [1.54, 1.807) is 12.1 Å². The molecule has 23 heavy (non-hydrogen) atoms. The van der Waals surface area contributed by atoms with E-state index >= 15 is 0 Å². The van der Waals surface area contributed by atoms with Crippen molar-refractivity contribution < 1.29 is 26.8 Å². The molecule has 0 radical (unpaired) electrons. The Hall–Kier alpha value is -0.990. The van der Waals surface area contributed by atoms with Crippen molar-refractivity contribution in [1.29, 1.82) is 0 Å². The van der Waals surface area contributed by atoms with Gasteiger partial charge in [-0.25, -0.2) is 0 Å². The third-order valence-electron chi connectivity index (χ3n) is 3.40. The van der Waals surface area contributed by atoms with Gasteiger partial charge >= 0.3 is 0 Å². The fraction of sp³-hybridized carbons (Fsp3) is 0.625. The minimum Gasteiger partial charge on any atom is -0.376 e. The molecule has 0 aliphatic carbocycles. The Labute approximate surface area is 137 Å². The predicted molar refractivity (Wildman–Crippen MR) is 84.7 cm³/mol. The zero-order chi connectivity index (χ0) is 17.1. The van der Waals surface area contributed by atoms with E-state index in [-0.39, 0.29) is 18.1 Å². The lowest BCUT2D eigenvalue weighted by atomic mass is 10.1. The first-order valence-electron chi connectivity index (χ1n) is 7.50. The Morgan fingerprint density at radius 3 is 2.35 bits per heavy atom. The minimum atomic E-state index is -3.75. The average molecular weight is 344 g/mol. The Morgan fingerprint density at radius 1 is 1.13 bits per heavy atom. The van der Waals surface area contributed by atoms with E-state index in [0.29, 0.717) is 13.2 Å². The van der Waals surface area contributed by atoms with Crippen LogP contribution in [0, 0.1) is 6.92 Å².